The summed E-state index contributed by atoms with van der Waals surface area (Å²) in [6.07, 6.45) is 0. The maximum absolute atomic E-state index is 6.30. The third-order valence-corrected chi connectivity index (χ3v) is 7.00. The molecule has 3 aromatic carbocycles. The van der Waals surface area contributed by atoms with Crippen molar-refractivity contribution in [2.75, 3.05) is 0 Å². The van der Waals surface area contributed by atoms with Crippen LogP contribution in [0.4, 0.5) is 0 Å². The van der Waals surface area contributed by atoms with Crippen LogP contribution in [0.15, 0.2) is 78.9 Å². The van der Waals surface area contributed by atoms with Gasteiger partial charge in [-0.05, 0) is 51.4 Å². The Balaban J connectivity index is 1.58. The molecule has 5 aromatic rings. The third kappa shape index (κ3) is 2.82. The number of hydrogen-bond donors (Lipinski definition) is 0. The van der Waals surface area contributed by atoms with E-state index in [1.54, 1.807) is 0 Å². The number of fused-ring (bicyclic) bond motifs is 5. The summed E-state index contributed by atoms with van der Waals surface area (Å²) in [6.45, 7) is 8.32. The van der Waals surface area contributed by atoms with Crippen LogP contribution in [0.25, 0.3) is 38.7 Å². The Labute approximate surface area is 187 Å². The van der Waals surface area contributed by atoms with Gasteiger partial charge in [-0.15, -0.1) is 0 Å². The zero-order valence-corrected chi connectivity index (χ0v) is 18.8. The average molecular weight is 420 g/mol. The first-order valence-electron chi connectivity index (χ1n) is 11.1. The molecule has 1 aliphatic rings. The SMILES string of the molecule is CC1(C)OB(c2cccc(-c3nc4ccccc4c4cc5ccccc5n34)c2)OC1(C)C. The fourth-order valence-electron chi connectivity index (χ4n) is 4.53. The van der Waals surface area contributed by atoms with E-state index in [1.807, 2.05) is 6.07 Å². The van der Waals surface area contributed by atoms with E-state index in [1.165, 1.54) is 5.39 Å². The molecule has 5 heteroatoms. The van der Waals surface area contributed by atoms with Crippen molar-refractivity contribution in [1.82, 2.24) is 9.38 Å². The molecule has 0 amide bonds. The standard InChI is InChI=1S/C27H25BN2O2/c1-26(2)27(3,4)32-28(31-26)20-12-9-11-19(16-20)25-29-22-14-7-6-13-21(22)24-17-18-10-5-8-15-23(18)30(24)25/h5-17H,1-4H3. The van der Waals surface area contributed by atoms with Crippen LogP contribution >= 0.6 is 0 Å². The molecule has 2 aromatic heterocycles. The number of hydrogen-bond acceptors (Lipinski definition) is 3. The minimum atomic E-state index is -0.405. The second kappa shape index (κ2) is 6.68. The molecular formula is C27H25BN2O2. The number of nitrogens with zero attached hydrogens (tertiary/aromatic N) is 2. The molecule has 6 rings (SSSR count). The molecule has 0 unspecified atom stereocenters. The highest BCUT2D eigenvalue weighted by atomic mass is 16.7. The van der Waals surface area contributed by atoms with Crippen LogP contribution in [0.5, 0.6) is 0 Å². The van der Waals surface area contributed by atoms with E-state index in [0.29, 0.717) is 0 Å². The molecule has 1 fully saturated rings. The van der Waals surface area contributed by atoms with Gasteiger partial charge in [0.25, 0.3) is 0 Å². The van der Waals surface area contributed by atoms with Gasteiger partial charge in [-0.3, -0.25) is 4.40 Å². The minimum absolute atomic E-state index is 0.376. The largest absolute Gasteiger partial charge is 0.494 e. The topological polar surface area (TPSA) is 35.8 Å². The fraction of sp³-hybridized carbons (Fsp3) is 0.222. The van der Waals surface area contributed by atoms with Crippen molar-refractivity contribution in [3.05, 3.63) is 78.9 Å². The molecule has 0 spiro atoms. The Kier molecular flexibility index (Phi) is 4.08. The summed E-state index contributed by atoms with van der Waals surface area (Å²) in [5.41, 5.74) is 4.58. The van der Waals surface area contributed by atoms with Gasteiger partial charge in [-0.2, -0.15) is 0 Å². The molecule has 0 radical (unpaired) electrons. The number of rotatable bonds is 2. The molecule has 158 valence electrons. The van der Waals surface area contributed by atoms with Crippen molar-refractivity contribution in [1.29, 1.82) is 0 Å². The highest BCUT2D eigenvalue weighted by Gasteiger charge is 2.51. The van der Waals surface area contributed by atoms with Crippen LogP contribution in [0.2, 0.25) is 0 Å². The minimum Gasteiger partial charge on any atom is -0.399 e. The van der Waals surface area contributed by atoms with Crippen LogP contribution in [0, 0.1) is 0 Å². The van der Waals surface area contributed by atoms with Gasteiger partial charge in [0.2, 0.25) is 0 Å². The summed E-state index contributed by atoms with van der Waals surface area (Å²) >= 11 is 0. The van der Waals surface area contributed by atoms with Gasteiger partial charge >= 0.3 is 7.12 Å². The Morgan fingerprint density at radius 1 is 0.750 bits per heavy atom. The summed E-state index contributed by atoms with van der Waals surface area (Å²) in [6, 6.07) is 27.4. The number of para-hydroxylation sites is 2. The van der Waals surface area contributed by atoms with Gasteiger partial charge in [0.1, 0.15) is 5.82 Å². The lowest BCUT2D eigenvalue weighted by atomic mass is 9.78. The molecule has 1 saturated heterocycles. The lowest BCUT2D eigenvalue weighted by molar-refractivity contribution is 0.00578. The molecule has 0 atom stereocenters. The predicted octanol–water partition coefficient (Wildman–Crippen LogP) is 5.61. The lowest BCUT2D eigenvalue weighted by Crippen LogP contribution is -2.41. The maximum atomic E-state index is 6.30. The second-order valence-corrected chi connectivity index (χ2v) is 9.59. The molecule has 0 bridgehead atoms. The zero-order valence-electron chi connectivity index (χ0n) is 18.8. The van der Waals surface area contributed by atoms with Crippen LogP contribution < -0.4 is 5.46 Å². The van der Waals surface area contributed by atoms with Gasteiger partial charge in [0, 0.05) is 16.3 Å². The van der Waals surface area contributed by atoms with E-state index in [-0.39, 0.29) is 11.2 Å². The molecule has 1 aliphatic heterocycles. The molecule has 32 heavy (non-hydrogen) atoms. The van der Waals surface area contributed by atoms with E-state index in [2.05, 4.69) is 105 Å². The van der Waals surface area contributed by atoms with E-state index in [0.717, 1.165) is 38.8 Å². The molecule has 3 heterocycles. The van der Waals surface area contributed by atoms with Gasteiger partial charge in [0.15, 0.2) is 0 Å². The maximum Gasteiger partial charge on any atom is 0.494 e. The highest BCUT2D eigenvalue weighted by Crippen LogP contribution is 2.37. The summed E-state index contributed by atoms with van der Waals surface area (Å²) in [7, 11) is -0.405. The lowest BCUT2D eigenvalue weighted by Gasteiger charge is -2.32. The molecule has 0 aliphatic carbocycles. The smallest absolute Gasteiger partial charge is 0.399 e. The van der Waals surface area contributed by atoms with Crippen molar-refractivity contribution in [3.63, 3.8) is 0 Å². The van der Waals surface area contributed by atoms with Crippen LogP contribution in [0.3, 0.4) is 0 Å². The van der Waals surface area contributed by atoms with E-state index < -0.39 is 7.12 Å². The van der Waals surface area contributed by atoms with Gasteiger partial charge in [-0.25, -0.2) is 4.98 Å². The summed E-state index contributed by atoms with van der Waals surface area (Å²) in [4.78, 5) is 5.10. The first kappa shape index (κ1) is 19.5. The molecular weight excluding hydrogens is 395 g/mol. The fourth-order valence-corrected chi connectivity index (χ4v) is 4.53. The zero-order chi connectivity index (χ0) is 22.1. The van der Waals surface area contributed by atoms with E-state index in [4.69, 9.17) is 14.3 Å². The number of aromatic nitrogens is 2. The number of benzene rings is 3. The van der Waals surface area contributed by atoms with Gasteiger partial charge in [-0.1, -0.05) is 60.7 Å². The van der Waals surface area contributed by atoms with Crippen molar-refractivity contribution >= 4 is 39.9 Å². The first-order chi connectivity index (χ1) is 15.3. The average Bonchev–Trinajstić information content (AvgIpc) is 3.27. The van der Waals surface area contributed by atoms with Crippen molar-refractivity contribution < 1.29 is 9.31 Å². The van der Waals surface area contributed by atoms with E-state index >= 15 is 0 Å². The Hall–Kier alpha value is -3.15. The Bertz CT molecular complexity index is 1490. The van der Waals surface area contributed by atoms with E-state index in [9.17, 15) is 0 Å². The third-order valence-electron chi connectivity index (χ3n) is 7.00. The summed E-state index contributed by atoms with van der Waals surface area (Å²) in [5.74, 6) is 0.915. The summed E-state index contributed by atoms with van der Waals surface area (Å²) in [5, 5.41) is 2.35. The summed E-state index contributed by atoms with van der Waals surface area (Å²) < 4.78 is 14.9. The monoisotopic (exact) mass is 420 g/mol. The van der Waals surface area contributed by atoms with Gasteiger partial charge < -0.3 is 9.31 Å². The molecule has 4 nitrogen and oxygen atoms in total. The van der Waals surface area contributed by atoms with Crippen LogP contribution in [-0.2, 0) is 9.31 Å². The Morgan fingerprint density at radius 3 is 2.28 bits per heavy atom. The predicted molar refractivity (Wildman–Crippen MR) is 131 cm³/mol. The molecule has 0 N–H and O–H groups in total. The van der Waals surface area contributed by atoms with Crippen molar-refractivity contribution in [2.24, 2.45) is 0 Å². The Morgan fingerprint density at radius 2 is 1.47 bits per heavy atom. The van der Waals surface area contributed by atoms with Gasteiger partial charge in [0.05, 0.1) is 27.8 Å². The highest BCUT2D eigenvalue weighted by molar-refractivity contribution is 6.62. The normalized spacial score (nSPS) is 17.6. The quantitative estimate of drug-likeness (QED) is 0.349. The molecule has 0 saturated carbocycles. The van der Waals surface area contributed by atoms with Crippen molar-refractivity contribution in [3.8, 4) is 11.4 Å². The van der Waals surface area contributed by atoms with Crippen molar-refractivity contribution in [2.45, 2.75) is 38.9 Å². The first-order valence-corrected chi connectivity index (χ1v) is 11.1. The second-order valence-electron chi connectivity index (χ2n) is 9.59. The van der Waals surface area contributed by atoms with Crippen LogP contribution in [-0.4, -0.2) is 27.7 Å². The van der Waals surface area contributed by atoms with Crippen LogP contribution in [0.1, 0.15) is 27.7 Å².